The Bertz CT molecular complexity index is 983. The van der Waals surface area contributed by atoms with Crippen LogP contribution in [0.2, 0.25) is 0 Å². The lowest BCUT2D eigenvalue weighted by atomic mass is 9.73. The van der Waals surface area contributed by atoms with Crippen LogP contribution < -0.4 is 5.32 Å². The van der Waals surface area contributed by atoms with Crippen molar-refractivity contribution in [3.63, 3.8) is 0 Å². The third-order valence-electron chi connectivity index (χ3n) is 7.00. The largest absolute Gasteiger partial charge is 0.355 e. The molecule has 2 aromatic rings. The molecule has 1 unspecified atom stereocenters. The zero-order chi connectivity index (χ0) is 22.7. The second kappa shape index (κ2) is 9.41. The summed E-state index contributed by atoms with van der Waals surface area (Å²) >= 11 is 0. The van der Waals surface area contributed by atoms with Crippen molar-refractivity contribution in [1.29, 1.82) is 0 Å². The van der Waals surface area contributed by atoms with Crippen molar-refractivity contribution < 1.29 is 14.0 Å². The monoisotopic (exact) mass is 437 g/mol. The lowest BCUT2D eigenvalue weighted by molar-refractivity contribution is -0.121. The molecule has 6 heteroatoms. The second-order valence-electron chi connectivity index (χ2n) is 9.43. The van der Waals surface area contributed by atoms with Gasteiger partial charge in [0.05, 0.1) is 0 Å². The average Bonchev–Trinajstić information content (AvgIpc) is 3.06. The van der Waals surface area contributed by atoms with Gasteiger partial charge in [0.15, 0.2) is 0 Å². The van der Waals surface area contributed by atoms with Gasteiger partial charge in [-0.2, -0.15) is 0 Å². The van der Waals surface area contributed by atoms with Gasteiger partial charge in [-0.15, -0.1) is 0 Å². The summed E-state index contributed by atoms with van der Waals surface area (Å²) in [6.07, 6.45) is 3.17. The van der Waals surface area contributed by atoms with E-state index >= 15 is 0 Å². The minimum Gasteiger partial charge on any atom is -0.355 e. The second-order valence-corrected chi connectivity index (χ2v) is 9.43. The van der Waals surface area contributed by atoms with Gasteiger partial charge in [-0.05, 0) is 74.0 Å². The van der Waals surface area contributed by atoms with Gasteiger partial charge in [-0.25, -0.2) is 4.39 Å². The number of benzene rings is 2. The maximum atomic E-state index is 13.6. The number of likely N-dealkylation sites (tertiary alicyclic amines) is 1. The molecule has 0 aromatic heterocycles. The van der Waals surface area contributed by atoms with Gasteiger partial charge < -0.3 is 15.1 Å². The zero-order valence-corrected chi connectivity index (χ0v) is 18.9. The van der Waals surface area contributed by atoms with E-state index in [4.69, 9.17) is 0 Å². The van der Waals surface area contributed by atoms with E-state index in [0.29, 0.717) is 31.6 Å². The maximum absolute atomic E-state index is 13.6. The number of halogens is 1. The highest BCUT2D eigenvalue weighted by atomic mass is 19.1. The van der Waals surface area contributed by atoms with Crippen LogP contribution in [-0.2, 0) is 10.2 Å². The standard InChI is InChI=1S/C26H32FN3O2/c1-29(2)15-12-28-24(31)17-20-18-26(23-9-4-3-8-22(20)23)10-13-30(14-11-26)25(32)19-6-5-7-21(27)16-19/h3-9,16,20H,10-15,17-18H2,1-2H3,(H,28,31). The summed E-state index contributed by atoms with van der Waals surface area (Å²) in [6.45, 7) is 2.77. The fourth-order valence-corrected chi connectivity index (χ4v) is 5.34. The molecule has 0 radical (unpaired) electrons. The van der Waals surface area contributed by atoms with Crippen molar-refractivity contribution in [3.05, 3.63) is 71.0 Å². The summed E-state index contributed by atoms with van der Waals surface area (Å²) in [5, 5.41) is 3.04. The number of rotatable bonds is 6. The number of likely N-dealkylation sites (N-methyl/N-ethyl adjacent to an activating group) is 1. The van der Waals surface area contributed by atoms with Gasteiger partial charge >= 0.3 is 0 Å². The molecule has 1 fully saturated rings. The summed E-state index contributed by atoms with van der Waals surface area (Å²) in [6, 6.07) is 14.4. The molecule has 32 heavy (non-hydrogen) atoms. The molecular weight excluding hydrogens is 405 g/mol. The predicted octanol–water partition coefficient (Wildman–Crippen LogP) is 3.55. The number of carbonyl (C=O) groups excluding carboxylic acids is 2. The third-order valence-corrected chi connectivity index (χ3v) is 7.00. The van der Waals surface area contributed by atoms with Crippen molar-refractivity contribution in [2.24, 2.45) is 0 Å². The first-order valence-corrected chi connectivity index (χ1v) is 11.4. The number of nitrogens with one attached hydrogen (secondary N) is 1. The summed E-state index contributed by atoms with van der Waals surface area (Å²) in [5.74, 6) is -0.193. The fourth-order valence-electron chi connectivity index (χ4n) is 5.34. The van der Waals surface area contributed by atoms with E-state index in [1.54, 1.807) is 12.1 Å². The van der Waals surface area contributed by atoms with Gasteiger partial charge in [0.2, 0.25) is 5.91 Å². The Morgan fingerprint density at radius 1 is 1.12 bits per heavy atom. The van der Waals surface area contributed by atoms with Crippen molar-refractivity contribution in [1.82, 2.24) is 15.1 Å². The van der Waals surface area contributed by atoms with Crippen LogP contribution >= 0.6 is 0 Å². The average molecular weight is 438 g/mol. The molecule has 5 nitrogen and oxygen atoms in total. The third kappa shape index (κ3) is 4.70. The van der Waals surface area contributed by atoms with E-state index in [1.807, 2.05) is 19.0 Å². The zero-order valence-electron chi connectivity index (χ0n) is 18.9. The van der Waals surface area contributed by atoms with Gasteiger partial charge in [0.25, 0.3) is 5.91 Å². The van der Waals surface area contributed by atoms with Crippen LogP contribution in [0.1, 0.15) is 53.1 Å². The lowest BCUT2D eigenvalue weighted by Crippen LogP contribution is -2.44. The summed E-state index contributed by atoms with van der Waals surface area (Å²) in [7, 11) is 3.99. The Morgan fingerprint density at radius 2 is 1.88 bits per heavy atom. The molecule has 1 N–H and O–H groups in total. The highest BCUT2D eigenvalue weighted by Crippen LogP contribution is 2.52. The minimum atomic E-state index is -0.388. The molecule has 2 aliphatic rings. The Labute approximate surface area is 189 Å². The molecule has 1 spiro atoms. The molecule has 0 bridgehead atoms. The Balaban J connectivity index is 1.43. The van der Waals surface area contributed by atoms with Crippen molar-refractivity contribution in [3.8, 4) is 0 Å². The molecular formula is C26H32FN3O2. The normalized spacial score (nSPS) is 19.2. The first-order valence-electron chi connectivity index (χ1n) is 11.4. The molecule has 170 valence electrons. The van der Waals surface area contributed by atoms with Crippen LogP contribution in [0.3, 0.4) is 0 Å². The van der Waals surface area contributed by atoms with Crippen LogP contribution in [0.4, 0.5) is 4.39 Å². The first kappa shape index (κ1) is 22.5. The van der Waals surface area contributed by atoms with E-state index in [9.17, 15) is 14.0 Å². The topological polar surface area (TPSA) is 52.7 Å². The molecule has 1 saturated heterocycles. The van der Waals surface area contributed by atoms with Crippen LogP contribution in [0.5, 0.6) is 0 Å². The molecule has 1 heterocycles. The Morgan fingerprint density at radius 3 is 2.59 bits per heavy atom. The Hall–Kier alpha value is -2.73. The highest BCUT2D eigenvalue weighted by Gasteiger charge is 2.46. The van der Waals surface area contributed by atoms with Crippen molar-refractivity contribution >= 4 is 11.8 Å². The number of amides is 2. The van der Waals surface area contributed by atoms with E-state index in [-0.39, 0.29) is 29.0 Å². The molecule has 1 aliphatic carbocycles. The van der Waals surface area contributed by atoms with Crippen LogP contribution in [0.25, 0.3) is 0 Å². The van der Waals surface area contributed by atoms with Crippen LogP contribution in [-0.4, -0.2) is 61.9 Å². The molecule has 2 amide bonds. The molecule has 1 aliphatic heterocycles. The Kier molecular flexibility index (Phi) is 6.60. The van der Waals surface area contributed by atoms with E-state index in [0.717, 1.165) is 25.8 Å². The van der Waals surface area contributed by atoms with Crippen molar-refractivity contribution in [2.45, 2.75) is 37.0 Å². The van der Waals surface area contributed by atoms with E-state index in [1.165, 1.54) is 23.3 Å². The number of nitrogens with zero attached hydrogens (tertiary/aromatic N) is 2. The lowest BCUT2D eigenvalue weighted by Gasteiger charge is -2.40. The highest BCUT2D eigenvalue weighted by molar-refractivity contribution is 5.94. The quantitative estimate of drug-likeness (QED) is 0.752. The maximum Gasteiger partial charge on any atom is 0.253 e. The van der Waals surface area contributed by atoms with Gasteiger partial charge in [0.1, 0.15) is 5.82 Å². The minimum absolute atomic E-state index is 0.00386. The number of hydrogen-bond acceptors (Lipinski definition) is 3. The van der Waals surface area contributed by atoms with Gasteiger partial charge in [-0.3, -0.25) is 9.59 Å². The van der Waals surface area contributed by atoms with Gasteiger partial charge in [0, 0.05) is 38.2 Å². The number of carbonyl (C=O) groups is 2. The number of hydrogen-bond donors (Lipinski definition) is 1. The van der Waals surface area contributed by atoms with Crippen LogP contribution in [0, 0.1) is 5.82 Å². The number of fused-ring (bicyclic) bond motifs is 2. The summed E-state index contributed by atoms with van der Waals surface area (Å²) < 4.78 is 13.6. The van der Waals surface area contributed by atoms with Gasteiger partial charge in [-0.1, -0.05) is 30.3 Å². The molecule has 2 aromatic carbocycles. The summed E-state index contributed by atoms with van der Waals surface area (Å²) in [5.41, 5.74) is 3.02. The number of piperidine rings is 1. The molecule has 4 rings (SSSR count). The fraction of sp³-hybridized carbons (Fsp3) is 0.462. The van der Waals surface area contributed by atoms with E-state index < -0.39 is 0 Å². The smallest absolute Gasteiger partial charge is 0.253 e. The SMILES string of the molecule is CN(C)CCNC(=O)CC1CC2(CCN(C(=O)c3cccc(F)c3)CC2)c2ccccc21. The molecule has 0 saturated carbocycles. The predicted molar refractivity (Wildman–Crippen MR) is 123 cm³/mol. The summed E-state index contributed by atoms with van der Waals surface area (Å²) in [4.78, 5) is 29.3. The van der Waals surface area contributed by atoms with Crippen molar-refractivity contribution in [2.75, 3.05) is 40.3 Å². The molecule has 1 atom stereocenters. The van der Waals surface area contributed by atoms with Crippen LogP contribution in [0.15, 0.2) is 48.5 Å². The van der Waals surface area contributed by atoms with E-state index in [2.05, 4.69) is 34.5 Å². The first-order chi connectivity index (χ1) is 15.4.